The highest BCUT2D eigenvalue weighted by Crippen LogP contribution is 2.16. The van der Waals surface area contributed by atoms with E-state index in [1.54, 1.807) is 7.11 Å². The van der Waals surface area contributed by atoms with E-state index < -0.39 is 0 Å². The van der Waals surface area contributed by atoms with Gasteiger partial charge in [-0.2, -0.15) is 12.6 Å². The Morgan fingerprint density at radius 1 is 1.27 bits per heavy atom. The summed E-state index contributed by atoms with van der Waals surface area (Å²) in [4.78, 5) is 0. The van der Waals surface area contributed by atoms with Crippen LogP contribution in [-0.4, -0.2) is 26.0 Å². The van der Waals surface area contributed by atoms with Crippen LogP contribution in [-0.2, 0) is 6.42 Å². The van der Waals surface area contributed by atoms with Gasteiger partial charge >= 0.3 is 0 Å². The summed E-state index contributed by atoms with van der Waals surface area (Å²) in [5.74, 6) is 1.93. The van der Waals surface area contributed by atoms with E-state index in [1.165, 1.54) is 5.56 Å². The van der Waals surface area contributed by atoms with Crippen LogP contribution in [0.15, 0.2) is 24.3 Å². The van der Waals surface area contributed by atoms with Gasteiger partial charge in [0.25, 0.3) is 0 Å². The zero-order valence-electron chi connectivity index (χ0n) is 9.20. The van der Waals surface area contributed by atoms with Crippen molar-refractivity contribution >= 4 is 12.6 Å². The van der Waals surface area contributed by atoms with Gasteiger partial charge in [-0.1, -0.05) is 18.2 Å². The van der Waals surface area contributed by atoms with Gasteiger partial charge in [-0.05, 0) is 43.3 Å². The van der Waals surface area contributed by atoms with Crippen LogP contribution in [0.25, 0.3) is 0 Å². The summed E-state index contributed by atoms with van der Waals surface area (Å²) in [6.45, 7) is 2.03. The first-order valence-corrected chi connectivity index (χ1v) is 5.95. The highest BCUT2D eigenvalue weighted by Gasteiger charge is 1.99. The van der Waals surface area contributed by atoms with Crippen molar-refractivity contribution in [2.75, 3.05) is 26.0 Å². The molecule has 0 aliphatic carbocycles. The van der Waals surface area contributed by atoms with E-state index in [-0.39, 0.29) is 0 Å². The second kappa shape index (κ2) is 7.60. The summed E-state index contributed by atoms with van der Waals surface area (Å²) in [6.07, 6.45) is 2.13. The molecule has 0 radical (unpaired) electrons. The molecule has 0 spiro atoms. The Kier molecular flexibility index (Phi) is 6.28. The number of methoxy groups -OCH3 is 1. The Balaban J connectivity index is 2.30. The fourth-order valence-corrected chi connectivity index (χ4v) is 1.62. The Hall–Kier alpha value is -0.670. The fraction of sp³-hybridized carbons (Fsp3) is 0.500. The highest BCUT2D eigenvalue weighted by molar-refractivity contribution is 7.80. The van der Waals surface area contributed by atoms with Gasteiger partial charge in [0.2, 0.25) is 0 Å². The molecule has 0 unspecified atom stereocenters. The molecule has 0 heterocycles. The molecule has 2 nitrogen and oxygen atoms in total. The maximum atomic E-state index is 5.28. The maximum Gasteiger partial charge on any atom is 0.122 e. The van der Waals surface area contributed by atoms with Crippen molar-refractivity contribution in [3.05, 3.63) is 29.8 Å². The lowest BCUT2D eigenvalue weighted by Crippen LogP contribution is -2.19. The second-order valence-electron chi connectivity index (χ2n) is 3.39. The average Bonchev–Trinajstić information content (AvgIpc) is 2.29. The lowest BCUT2D eigenvalue weighted by molar-refractivity contribution is 0.409. The summed E-state index contributed by atoms with van der Waals surface area (Å²) in [5, 5.41) is 3.38. The third-order valence-corrected chi connectivity index (χ3v) is 2.59. The number of rotatable bonds is 7. The average molecular weight is 225 g/mol. The van der Waals surface area contributed by atoms with Crippen LogP contribution in [0.3, 0.4) is 0 Å². The summed E-state index contributed by atoms with van der Waals surface area (Å²) >= 11 is 4.16. The minimum absolute atomic E-state index is 0.946. The molecule has 0 saturated heterocycles. The van der Waals surface area contributed by atoms with Gasteiger partial charge in [-0.15, -0.1) is 0 Å². The number of para-hydroxylation sites is 1. The maximum absolute atomic E-state index is 5.28. The van der Waals surface area contributed by atoms with Crippen molar-refractivity contribution in [1.29, 1.82) is 0 Å². The molecule has 0 bridgehead atoms. The Bertz CT molecular complexity index is 278. The number of thiol groups is 1. The van der Waals surface area contributed by atoms with Crippen molar-refractivity contribution < 1.29 is 4.74 Å². The second-order valence-corrected chi connectivity index (χ2v) is 3.84. The molecular formula is C12H19NOS. The number of hydrogen-bond donors (Lipinski definition) is 2. The van der Waals surface area contributed by atoms with Gasteiger partial charge in [0.05, 0.1) is 7.11 Å². The Labute approximate surface area is 97.4 Å². The number of benzene rings is 1. The van der Waals surface area contributed by atoms with Crippen LogP contribution in [0.4, 0.5) is 0 Å². The summed E-state index contributed by atoms with van der Waals surface area (Å²) in [6, 6.07) is 8.16. The van der Waals surface area contributed by atoms with Crippen LogP contribution in [0.5, 0.6) is 5.75 Å². The lowest BCUT2D eigenvalue weighted by Gasteiger charge is -2.08. The Morgan fingerprint density at radius 3 is 2.80 bits per heavy atom. The molecule has 1 N–H and O–H groups in total. The van der Waals surface area contributed by atoms with Gasteiger partial charge in [-0.25, -0.2) is 0 Å². The van der Waals surface area contributed by atoms with Gasteiger partial charge in [0, 0.05) is 0 Å². The molecule has 0 aliphatic rings. The van der Waals surface area contributed by atoms with Crippen LogP contribution in [0.1, 0.15) is 12.0 Å². The third-order valence-electron chi connectivity index (χ3n) is 2.28. The summed E-state index contributed by atoms with van der Waals surface area (Å²) < 4.78 is 5.28. The largest absolute Gasteiger partial charge is 0.496 e. The molecule has 3 heteroatoms. The summed E-state index contributed by atoms with van der Waals surface area (Å²) in [7, 11) is 1.72. The molecule has 0 amide bonds. The smallest absolute Gasteiger partial charge is 0.122 e. The lowest BCUT2D eigenvalue weighted by atomic mass is 10.1. The molecule has 84 valence electrons. The van der Waals surface area contributed by atoms with E-state index >= 15 is 0 Å². The first-order chi connectivity index (χ1) is 7.38. The van der Waals surface area contributed by atoms with E-state index in [0.717, 1.165) is 37.4 Å². The standard InChI is InChI=1S/C12H19NOS/c1-14-12-6-3-2-5-11(12)7-9-13-8-4-10-15/h2-3,5-6,13,15H,4,7-10H2,1H3. The predicted octanol–water partition coefficient (Wildman–Crippen LogP) is 2.15. The van der Waals surface area contributed by atoms with Crippen LogP contribution >= 0.6 is 12.6 Å². The zero-order valence-corrected chi connectivity index (χ0v) is 10.1. The number of ether oxygens (including phenoxy) is 1. The zero-order chi connectivity index (χ0) is 10.9. The van der Waals surface area contributed by atoms with E-state index in [9.17, 15) is 0 Å². The normalized spacial score (nSPS) is 10.3. The van der Waals surface area contributed by atoms with Crippen molar-refractivity contribution in [2.24, 2.45) is 0 Å². The van der Waals surface area contributed by atoms with Crippen LogP contribution < -0.4 is 10.1 Å². The van der Waals surface area contributed by atoms with Crippen molar-refractivity contribution in [1.82, 2.24) is 5.32 Å². The van der Waals surface area contributed by atoms with E-state index in [2.05, 4.69) is 24.0 Å². The highest BCUT2D eigenvalue weighted by atomic mass is 32.1. The van der Waals surface area contributed by atoms with Gasteiger partial charge < -0.3 is 10.1 Å². The van der Waals surface area contributed by atoms with Crippen LogP contribution in [0.2, 0.25) is 0 Å². The topological polar surface area (TPSA) is 21.3 Å². The molecule has 0 aromatic heterocycles. The molecule has 1 aromatic carbocycles. The minimum atomic E-state index is 0.946. The minimum Gasteiger partial charge on any atom is -0.496 e. The fourth-order valence-electron chi connectivity index (χ4n) is 1.46. The Morgan fingerprint density at radius 2 is 2.07 bits per heavy atom. The molecule has 0 aliphatic heterocycles. The number of nitrogens with one attached hydrogen (secondary N) is 1. The molecule has 0 fully saturated rings. The predicted molar refractivity (Wildman–Crippen MR) is 68.0 cm³/mol. The van der Waals surface area contributed by atoms with E-state index in [1.807, 2.05) is 18.2 Å². The van der Waals surface area contributed by atoms with Crippen LogP contribution in [0, 0.1) is 0 Å². The molecule has 15 heavy (non-hydrogen) atoms. The molecule has 1 aromatic rings. The third kappa shape index (κ3) is 4.58. The van der Waals surface area contributed by atoms with Crippen molar-refractivity contribution in [2.45, 2.75) is 12.8 Å². The van der Waals surface area contributed by atoms with Crippen molar-refractivity contribution in [3.63, 3.8) is 0 Å². The molecular weight excluding hydrogens is 206 g/mol. The molecule has 0 saturated carbocycles. The monoisotopic (exact) mass is 225 g/mol. The number of hydrogen-bond acceptors (Lipinski definition) is 3. The van der Waals surface area contributed by atoms with Crippen molar-refractivity contribution in [3.8, 4) is 5.75 Å². The quantitative estimate of drug-likeness (QED) is 0.548. The van der Waals surface area contributed by atoms with Gasteiger partial charge in [-0.3, -0.25) is 0 Å². The molecule has 0 atom stereocenters. The summed E-state index contributed by atoms with van der Waals surface area (Å²) in [5.41, 5.74) is 1.26. The first-order valence-electron chi connectivity index (χ1n) is 5.32. The van der Waals surface area contributed by atoms with E-state index in [4.69, 9.17) is 4.74 Å². The molecule has 1 rings (SSSR count). The van der Waals surface area contributed by atoms with E-state index in [0.29, 0.717) is 0 Å². The van der Waals surface area contributed by atoms with Gasteiger partial charge in [0.15, 0.2) is 0 Å². The van der Waals surface area contributed by atoms with Gasteiger partial charge in [0.1, 0.15) is 5.75 Å². The SMILES string of the molecule is COc1ccccc1CCNCCCS. The first kappa shape index (κ1) is 12.4.